The molecule has 1 atom stereocenters. The first kappa shape index (κ1) is 14.8. The number of aliphatic hydroxyl groups is 1. The smallest absolute Gasteiger partial charge is 0.270 e. The van der Waals surface area contributed by atoms with Crippen LogP contribution in [0.1, 0.15) is 34.6 Å². The van der Waals surface area contributed by atoms with Crippen LogP contribution in [-0.4, -0.2) is 22.6 Å². The highest BCUT2D eigenvalue weighted by molar-refractivity contribution is 5.92. The van der Waals surface area contributed by atoms with E-state index in [4.69, 9.17) is 5.11 Å². The molecule has 4 heteroatoms. The molecule has 0 bridgehead atoms. The van der Waals surface area contributed by atoms with E-state index in [1.165, 1.54) is 0 Å². The normalized spacial score (nSPS) is 11.1. The lowest BCUT2D eigenvalue weighted by Gasteiger charge is -2.14. The van der Waals surface area contributed by atoms with Gasteiger partial charge in [0.2, 0.25) is 0 Å². The minimum absolute atomic E-state index is 0.157. The summed E-state index contributed by atoms with van der Waals surface area (Å²) >= 11 is 0. The zero-order valence-electron chi connectivity index (χ0n) is 11.7. The first-order chi connectivity index (χ1) is 10.2. The summed E-state index contributed by atoms with van der Waals surface area (Å²) in [5, 5.41) is 11.6. The molecule has 1 amide bonds. The minimum atomic E-state index is -0.213. The molecule has 0 aliphatic rings. The molecule has 1 aromatic heterocycles. The molecule has 21 heavy (non-hydrogen) atoms. The lowest BCUT2D eigenvalue weighted by atomic mass is 10.1. The molecule has 2 aromatic rings. The number of nitrogens with one attached hydrogen (secondary N) is 1. The van der Waals surface area contributed by atoms with E-state index in [2.05, 4.69) is 22.1 Å². The molecule has 0 fully saturated rings. The van der Waals surface area contributed by atoms with Crippen molar-refractivity contribution in [1.29, 1.82) is 0 Å². The van der Waals surface area contributed by atoms with Crippen LogP contribution < -0.4 is 5.32 Å². The third-order valence-corrected chi connectivity index (χ3v) is 2.94. The summed E-state index contributed by atoms with van der Waals surface area (Å²) in [4.78, 5) is 16.1. The summed E-state index contributed by atoms with van der Waals surface area (Å²) in [5.41, 5.74) is 2.14. The Labute approximate surface area is 123 Å². The number of nitrogens with zero attached hydrogens (tertiary/aromatic N) is 1. The van der Waals surface area contributed by atoms with E-state index in [1.54, 1.807) is 24.4 Å². The standard InChI is InChI=1S/C17H16N2O2/c1-13(19-17(21)16-9-2-3-10-18-16)15-8-4-6-14(12-15)7-5-11-20/h2-4,6,8-10,12-13,20H,11H2,1H3,(H,19,21). The van der Waals surface area contributed by atoms with Crippen molar-refractivity contribution in [3.05, 3.63) is 65.5 Å². The van der Waals surface area contributed by atoms with E-state index < -0.39 is 0 Å². The number of hydrogen-bond acceptors (Lipinski definition) is 3. The molecule has 0 aliphatic carbocycles. The van der Waals surface area contributed by atoms with Crippen LogP contribution >= 0.6 is 0 Å². The second kappa shape index (κ2) is 7.22. The van der Waals surface area contributed by atoms with Crippen molar-refractivity contribution in [2.24, 2.45) is 0 Å². The van der Waals surface area contributed by atoms with Crippen LogP contribution in [0, 0.1) is 11.8 Å². The number of aromatic nitrogens is 1. The predicted octanol–water partition coefficient (Wildman–Crippen LogP) is 1.92. The van der Waals surface area contributed by atoms with Crippen molar-refractivity contribution in [2.45, 2.75) is 13.0 Å². The van der Waals surface area contributed by atoms with Gasteiger partial charge in [-0.25, -0.2) is 0 Å². The van der Waals surface area contributed by atoms with Gasteiger partial charge in [-0.05, 0) is 36.8 Å². The van der Waals surface area contributed by atoms with Crippen LogP contribution in [0.15, 0.2) is 48.7 Å². The average molecular weight is 280 g/mol. The summed E-state index contributed by atoms with van der Waals surface area (Å²) in [6.45, 7) is 1.73. The number of pyridine rings is 1. The second-order valence-corrected chi connectivity index (χ2v) is 4.50. The van der Waals surface area contributed by atoms with Gasteiger partial charge in [-0.3, -0.25) is 9.78 Å². The van der Waals surface area contributed by atoms with Gasteiger partial charge in [0.15, 0.2) is 0 Å². The summed E-state index contributed by atoms with van der Waals surface area (Å²) in [6, 6.07) is 12.6. The summed E-state index contributed by atoms with van der Waals surface area (Å²) in [6.07, 6.45) is 1.59. The quantitative estimate of drug-likeness (QED) is 0.844. The molecular weight excluding hydrogens is 264 g/mol. The maximum Gasteiger partial charge on any atom is 0.270 e. The molecule has 1 unspecified atom stereocenters. The van der Waals surface area contributed by atoms with E-state index >= 15 is 0 Å². The monoisotopic (exact) mass is 280 g/mol. The van der Waals surface area contributed by atoms with Gasteiger partial charge >= 0.3 is 0 Å². The van der Waals surface area contributed by atoms with Crippen LogP contribution in [-0.2, 0) is 0 Å². The van der Waals surface area contributed by atoms with Gasteiger partial charge < -0.3 is 10.4 Å². The molecule has 2 rings (SSSR count). The third kappa shape index (κ3) is 4.16. The predicted molar refractivity (Wildman–Crippen MR) is 80.5 cm³/mol. The Morgan fingerprint density at radius 3 is 2.90 bits per heavy atom. The largest absolute Gasteiger partial charge is 0.384 e. The highest BCUT2D eigenvalue weighted by atomic mass is 16.2. The van der Waals surface area contributed by atoms with E-state index in [-0.39, 0.29) is 18.6 Å². The number of amides is 1. The first-order valence-corrected chi connectivity index (χ1v) is 6.62. The Morgan fingerprint density at radius 2 is 2.19 bits per heavy atom. The topological polar surface area (TPSA) is 62.2 Å². The summed E-state index contributed by atoms with van der Waals surface area (Å²) in [7, 11) is 0. The molecule has 2 N–H and O–H groups in total. The van der Waals surface area contributed by atoms with Gasteiger partial charge in [0.25, 0.3) is 5.91 Å². The second-order valence-electron chi connectivity index (χ2n) is 4.50. The van der Waals surface area contributed by atoms with E-state index in [9.17, 15) is 4.79 Å². The fraction of sp³-hybridized carbons (Fsp3) is 0.176. The van der Waals surface area contributed by atoms with Crippen molar-refractivity contribution in [3.8, 4) is 11.8 Å². The maximum absolute atomic E-state index is 12.1. The number of carbonyl (C=O) groups excluding carboxylic acids is 1. The van der Waals surface area contributed by atoms with Gasteiger partial charge in [0, 0.05) is 11.8 Å². The number of benzene rings is 1. The van der Waals surface area contributed by atoms with E-state index in [0.717, 1.165) is 11.1 Å². The highest BCUT2D eigenvalue weighted by Crippen LogP contribution is 2.14. The fourth-order valence-electron chi connectivity index (χ4n) is 1.88. The maximum atomic E-state index is 12.1. The molecule has 1 aromatic carbocycles. The lowest BCUT2D eigenvalue weighted by molar-refractivity contribution is 0.0935. The van der Waals surface area contributed by atoms with Gasteiger partial charge in [-0.1, -0.05) is 30.0 Å². The van der Waals surface area contributed by atoms with Crippen LogP contribution in [0.2, 0.25) is 0 Å². The number of hydrogen-bond donors (Lipinski definition) is 2. The average Bonchev–Trinajstić information content (AvgIpc) is 2.54. The molecule has 0 saturated carbocycles. The van der Waals surface area contributed by atoms with E-state index in [1.807, 2.05) is 31.2 Å². The van der Waals surface area contributed by atoms with Crippen molar-refractivity contribution >= 4 is 5.91 Å². The molecule has 106 valence electrons. The van der Waals surface area contributed by atoms with Gasteiger partial charge in [0.05, 0.1) is 6.04 Å². The molecule has 4 nitrogen and oxygen atoms in total. The molecule has 0 saturated heterocycles. The van der Waals surface area contributed by atoms with Gasteiger partial charge in [-0.15, -0.1) is 0 Å². The molecular formula is C17H16N2O2. The van der Waals surface area contributed by atoms with Gasteiger partial charge in [-0.2, -0.15) is 0 Å². The van der Waals surface area contributed by atoms with Crippen molar-refractivity contribution in [1.82, 2.24) is 10.3 Å². The lowest BCUT2D eigenvalue weighted by Crippen LogP contribution is -2.27. The Hall–Kier alpha value is -2.64. The Balaban J connectivity index is 2.10. The molecule has 1 heterocycles. The zero-order chi connectivity index (χ0) is 15.1. The van der Waals surface area contributed by atoms with Crippen molar-refractivity contribution in [3.63, 3.8) is 0 Å². The van der Waals surface area contributed by atoms with Crippen LogP contribution in [0.25, 0.3) is 0 Å². The molecule has 0 aliphatic heterocycles. The third-order valence-electron chi connectivity index (χ3n) is 2.94. The number of rotatable bonds is 3. The van der Waals surface area contributed by atoms with Crippen molar-refractivity contribution in [2.75, 3.05) is 6.61 Å². The van der Waals surface area contributed by atoms with Crippen LogP contribution in [0.3, 0.4) is 0 Å². The summed E-state index contributed by atoms with van der Waals surface area (Å²) < 4.78 is 0. The number of aliphatic hydroxyl groups excluding tert-OH is 1. The number of carbonyl (C=O) groups is 1. The highest BCUT2D eigenvalue weighted by Gasteiger charge is 2.12. The molecule has 0 radical (unpaired) electrons. The van der Waals surface area contributed by atoms with E-state index in [0.29, 0.717) is 5.69 Å². The zero-order valence-corrected chi connectivity index (χ0v) is 11.7. The fourth-order valence-corrected chi connectivity index (χ4v) is 1.88. The van der Waals surface area contributed by atoms with Gasteiger partial charge in [0.1, 0.15) is 12.3 Å². The van der Waals surface area contributed by atoms with Crippen molar-refractivity contribution < 1.29 is 9.90 Å². The SMILES string of the molecule is CC(NC(=O)c1ccccn1)c1cccc(C#CCO)c1. The van der Waals surface area contributed by atoms with Crippen LogP contribution in [0.5, 0.6) is 0 Å². The Morgan fingerprint density at radius 1 is 1.33 bits per heavy atom. The first-order valence-electron chi connectivity index (χ1n) is 6.62. The Bertz CT molecular complexity index is 672. The van der Waals surface area contributed by atoms with Crippen LogP contribution in [0.4, 0.5) is 0 Å². The summed E-state index contributed by atoms with van der Waals surface area (Å²) in [5.74, 6) is 5.24. The minimum Gasteiger partial charge on any atom is -0.384 e. The molecule has 0 spiro atoms. The Kier molecular flexibility index (Phi) is 5.08.